The first-order chi connectivity index (χ1) is 16.5. The number of benzene rings is 1. The Morgan fingerprint density at radius 1 is 1.21 bits per heavy atom. The Morgan fingerprint density at radius 3 is 2.79 bits per heavy atom. The van der Waals surface area contributed by atoms with E-state index < -0.39 is 0 Å². The maximum Gasteiger partial charge on any atom is 0.260 e. The van der Waals surface area contributed by atoms with Gasteiger partial charge in [0.15, 0.2) is 18.1 Å². The van der Waals surface area contributed by atoms with E-state index in [9.17, 15) is 4.79 Å². The highest BCUT2D eigenvalue weighted by Crippen LogP contribution is 2.44. The molecule has 8 heteroatoms. The monoisotopic (exact) mass is 466 g/mol. The molecule has 3 atom stereocenters. The van der Waals surface area contributed by atoms with E-state index in [0.29, 0.717) is 37.8 Å². The number of hydrogen-bond acceptors (Lipinski definition) is 7. The highest BCUT2D eigenvalue weighted by Gasteiger charge is 2.39. The minimum absolute atomic E-state index is 0.000741. The zero-order valence-electron chi connectivity index (χ0n) is 20.0. The molecule has 0 unspecified atom stereocenters. The van der Waals surface area contributed by atoms with Gasteiger partial charge in [-0.1, -0.05) is 0 Å². The smallest absolute Gasteiger partial charge is 0.260 e. The fourth-order valence-electron chi connectivity index (χ4n) is 5.46. The van der Waals surface area contributed by atoms with Crippen LogP contribution in [0, 0.1) is 6.92 Å². The molecule has 0 saturated carbocycles. The normalized spacial score (nSPS) is 24.8. The summed E-state index contributed by atoms with van der Waals surface area (Å²) in [6, 6.07) is 8.61. The van der Waals surface area contributed by atoms with E-state index in [-0.39, 0.29) is 30.5 Å². The summed E-state index contributed by atoms with van der Waals surface area (Å²) in [4.78, 5) is 21.5. The number of methoxy groups -OCH3 is 1. The van der Waals surface area contributed by atoms with Crippen molar-refractivity contribution in [3.05, 3.63) is 52.8 Å². The number of ether oxygens (including phenoxy) is 3. The summed E-state index contributed by atoms with van der Waals surface area (Å²) in [6.07, 6.45) is 3.67. The minimum Gasteiger partial charge on any atom is -0.493 e. The van der Waals surface area contributed by atoms with Gasteiger partial charge in [-0.3, -0.25) is 14.7 Å². The molecule has 2 aromatic rings. The molecule has 3 aliphatic rings. The van der Waals surface area contributed by atoms with Crippen LogP contribution in [-0.4, -0.2) is 79.8 Å². The molecule has 3 aliphatic heterocycles. The van der Waals surface area contributed by atoms with Crippen molar-refractivity contribution in [3.8, 4) is 11.5 Å². The number of aryl methyl sites for hydroxylation is 1. The molecule has 5 rings (SSSR count). The lowest BCUT2D eigenvalue weighted by molar-refractivity contribution is -0.137. The van der Waals surface area contributed by atoms with Crippen LogP contribution in [0.4, 0.5) is 0 Å². The average Bonchev–Trinajstić information content (AvgIpc) is 2.86. The lowest BCUT2D eigenvalue weighted by atomic mass is 9.79. The van der Waals surface area contributed by atoms with Crippen LogP contribution in [0.2, 0.25) is 0 Å². The summed E-state index contributed by atoms with van der Waals surface area (Å²) < 4.78 is 16.9. The molecular formula is C26H34N4O4. The zero-order chi connectivity index (χ0) is 23.7. The minimum atomic E-state index is -0.0247. The van der Waals surface area contributed by atoms with Gasteiger partial charge in [-0.2, -0.15) is 0 Å². The van der Waals surface area contributed by atoms with E-state index in [2.05, 4.69) is 35.0 Å². The molecule has 2 fully saturated rings. The topological polar surface area (TPSA) is 90.1 Å². The van der Waals surface area contributed by atoms with Gasteiger partial charge in [-0.15, -0.1) is 0 Å². The average molecular weight is 467 g/mol. The number of aromatic nitrogens is 1. The van der Waals surface area contributed by atoms with Crippen LogP contribution in [-0.2, 0) is 16.0 Å². The van der Waals surface area contributed by atoms with Crippen LogP contribution in [0.15, 0.2) is 30.5 Å². The van der Waals surface area contributed by atoms with Crippen LogP contribution in [0.1, 0.15) is 40.8 Å². The third-order valence-electron chi connectivity index (χ3n) is 7.37. The van der Waals surface area contributed by atoms with Crippen LogP contribution < -0.4 is 15.2 Å². The van der Waals surface area contributed by atoms with Gasteiger partial charge in [0.25, 0.3) is 5.91 Å². The molecule has 1 amide bonds. The van der Waals surface area contributed by atoms with Crippen molar-refractivity contribution in [1.82, 2.24) is 14.8 Å². The first-order valence-corrected chi connectivity index (χ1v) is 12.1. The van der Waals surface area contributed by atoms with Gasteiger partial charge in [-0.05, 0) is 60.7 Å². The number of rotatable bonds is 5. The predicted octanol–water partition coefficient (Wildman–Crippen LogP) is 2.05. The predicted molar refractivity (Wildman–Crippen MR) is 128 cm³/mol. The highest BCUT2D eigenvalue weighted by molar-refractivity contribution is 5.78. The van der Waals surface area contributed by atoms with Crippen molar-refractivity contribution in [2.24, 2.45) is 5.73 Å². The fourth-order valence-corrected chi connectivity index (χ4v) is 5.46. The number of pyridine rings is 1. The van der Waals surface area contributed by atoms with E-state index in [4.69, 9.17) is 19.9 Å². The van der Waals surface area contributed by atoms with Gasteiger partial charge < -0.3 is 24.8 Å². The van der Waals surface area contributed by atoms with Gasteiger partial charge in [0, 0.05) is 56.1 Å². The second-order valence-corrected chi connectivity index (χ2v) is 9.51. The second-order valence-electron chi connectivity index (χ2n) is 9.51. The number of piperidine rings is 1. The lowest BCUT2D eigenvalue weighted by Gasteiger charge is -2.46. The molecule has 4 heterocycles. The van der Waals surface area contributed by atoms with Crippen molar-refractivity contribution in [2.75, 3.05) is 53.1 Å². The number of nitrogens with two attached hydrogens (primary N) is 1. The van der Waals surface area contributed by atoms with E-state index in [1.807, 2.05) is 12.3 Å². The van der Waals surface area contributed by atoms with Crippen LogP contribution >= 0.6 is 0 Å². The van der Waals surface area contributed by atoms with Gasteiger partial charge in [-0.25, -0.2) is 0 Å². The quantitative estimate of drug-likeness (QED) is 0.721. The Labute approximate surface area is 201 Å². The SMILES string of the molecule is COc1cc2c(cc1OCC(=O)N1CCOCC1)CCN1C[C@H](c3cc(C)ccn3)[C@@H](N)C[C@@H]21. The number of fused-ring (bicyclic) bond motifs is 3. The van der Waals surface area contributed by atoms with Crippen molar-refractivity contribution in [1.29, 1.82) is 0 Å². The highest BCUT2D eigenvalue weighted by atomic mass is 16.5. The van der Waals surface area contributed by atoms with Crippen molar-refractivity contribution < 1.29 is 19.0 Å². The van der Waals surface area contributed by atoms with Crippen molar-refractivity contribution in [2.45, 2.75) is 37.8 Å². The number of amides is 1. The largest absolute Gasteiger partial charge is 0.493 e. The zero-order valence-corrected chi connectivity index (χ0v) is 20.0. The number of carbonyl (C=O) groups is 1. The van der Waals surface area contributed by atoms with Gasteiger partial charge >= 0.3 is 0 Å². The molecule has 2 saturated heterocycles. The summed E-state index contributed by atoms with van der Waals surface area (Å²) in [5.74, 6) is 1.49. The van der Waals surface area contributed by atoms with E-state index in [0.717, 1.165) is 31.6 Å². The third-order valence-corrected chi connectivity index (χ3v) is 7.37. The Kier molecular flexibility index (Phi) is 6.72. The lowest BCUT2D eigenvalue weighted by Crippen LogP contribution is -2.50. The molecular weight excluding hydrogens is 432 g/mol. The van der Waals surface area contributed by atoms with Crippen LogP contribution in [0.3, 0.4) is 0 Å². The van der Waals surface area contributed by atoms with Crippen LogP contribution in [0.25, 0.3) is 0 Å². The molecule has 8 nitrogen and oxygen atoms in total. The van der Waals surface area contributed by atoms with Gasteiger partial charge in [0.1, 0.15) is 0 Å². The third kappa shape index (κ3) is 4.62. The molecule has 1 aromatic heterocycles. The maximum atomic E-state index is 12.5. The molecule has 34 heavy (non-hydrogen) atoms. The first-order valence-electron chi connectivity index (χ1n) is 12.1. The summed E-state index contributed by atoms with van der Waals surface area (Å²) >= 11 is 0. The van der Waals surface area contributed by atoms with E-state index in [1.165, 1.54) is 16.7 Å². The molecule has 2 N–H and O–H groups in total. The van der Waals surface area contributed by atoms with Crippen LogP contribution in [0.5, 0.6) is 11.5 Å². The second kappa shape index (κ2) is 9.90. The molecule has 182 valence electrons. The molecule has 0 aliphatic carbocycles. The Hall–Kier alpha value is -2.68. The molecule has 0 radical (unpaired) electrons. The molecule has 0 bridgehead atoms. The summed E-state index contributed by atoms with van der Waals surface area (Å²) in [7, 11) is 1.64. The van der Waals surface area contributed by atoms with Crippen molar-refractivity contribution >= 4 is 5.91 Å². The van der Waals surface area contributed by atoms with E-state index >= 15 is 0 Å². The van der Waals surface area contributed by atoms with Gasteiger partial charge in [0.05, 0.1) is 20.3 Å². The van der Waals surface area contributed by atoms with Crippen molar-refractivity contribution in [3.63, 3.8) is 0 Å². The number of carbonyl (C=O) groups excluding carboxylic acids is 1. The number of hydrogen-bond donors (Lipinski definition) is 1. The molecule has 0 spiro atoms. The Morgan fingerprint density at radius 2 is 2.03 bits per heavy atom. The number of nitrogens with zero attached hydrogens (tertiary/aromatic N) is 3. The maximum absolute atomic E-state index is 12.5. The fraction of sp³-hybridized carbons (Fsp3) is 0.538. The summed E-state index contributed by atoms with van der Waals surface area (Å²) in [6.45, 7) is 6.34. The molecule has 1 aromatic carbocycles. The Bertz CT molecular complexity index is 1040. The standard InChI is InChI=1S/C26H34N4O4/c1-17-3-5-28-22(11-17)20-15-30-6-4-18-12-25(34-16-26(31)29-7-9-33-10-8-29)24(32-2)13-19(18)23(30)14-21(20)27/h3,5,11-13,20-21,23H,4,6-10,14-16,27H2,1-2H3/t20-,21-,23-/m0/s1. The van der Waals surface area contributed by atoms with Gasteiger partial charge in [0.2, 0.25) is 0 Å². The summed E-state index contributed by atoms with van der Waals surface area (Å²) in [5, 5.41) is 0. The van der Waals surface area contributed by atoms with E-state index in [1.54, 1.807) is 12.0 Å². The Balaban J connectivity index is 1.32. The summed E-state index contributed by atoms with van der Waals surface area (Å²) in [5.41, 5.74) is 11.5. The first kappa shape index (κ1) is 23.1. The number of morpholine rings is 1.